The monoisotopic (exact) mass is 322 g/mol. The van der Waals surface area contributed by atoms with Crippen LogP contribution in [0, 0.1) is 11.8 Å². The van der Waals surface area contributed by atoms with E-state index in [1.54, 1.807) is 13.8 Å². The molecule has 2 atom stereocenters. The van der Waals surface area contributed by atoms with E-state index in [1.807, 2.05) is 27.7 Å². The maximum absolute atomic E-state index is 12.3. The molecular formula is C17H26N2O4. The molecule has 0 saturated carbocycles. The molecule has 2 rings (SSSR count). The van der Waals surface area contributed by atoms with Crippen LogP contribution in [0.2, 0.25) is 0 Å². The van der Waals surface area contributed by atoms with Gasteiger partial charge in [0.1, 0.15) is 0 Å². The lowest BCUT2D eigenvalue weighted by atomic mass is 9.84. The highest BCUT2D eigenvalue weighted by molar-refractivity contribution is 6.05. The molecule has 0 spiro atoms. The predicted octanol–water partition coefficient (Wildman–Crippen LogP) is 1.72. The van der Waals surface area contributed by atoms with Gasteiger partial charge in [-0.25, -0.2) is 0 Å². The third-order valence-corrected chi connectivity index (χ3v) is 4.82. The van der Waals surface area contributed by atoms with Gasteiger partial charge >= 0.3 is 0 Å². The third kappa shape index (κ3) is 2.91. The van der Waals surface area contributed by atoms with Crippen molar-refractivity contribution >= 4 is 23.6 Å². The van der Waals surface area contributed by atoms with Gasteiger partial charge in [-0.05, 0) is 34.1 Å². The van der Waals surface area contributed by atoms with Crippen LogP contribution in [-0.2, 0) is 19.2 Å². The molecule has 0 aromatic heterocycles. The zero-order chi connectivity index (χ0) is 17.7. The quantitative estimate of drug-likeness (QED) is 0.739. The Morgan fingerprint density at radius 2 is 1.09 bits per heavy atom. The van der Waals surface area contributed by atoms with Gasteiger partial charge in [-0.15, -0.1) is 0 Å². The van der Waals surface area contributed by atoms with Crippen molar-refractivity contribution in [3.8, 4) is 0 Å². The van der Waals surface area contributed by atoms with E-state index in [-0.39, 0.29) is 48.3 Å². The van der Waals surface area contributed by atoms with Crippen LogP contribution >= 0.6 is 0 Å². The number of imide groups is 2. The van der Waals surface area contributed by atoms with Crippen molar-refractivity contribution in [2.24, 2.45) is 11.8 Å². The Hall–Kier alpha value is -1.72. The first-order valence-electron chi connectivity index (χ1n) is 8.12. The van der Waals surface area contributed by atoms with Crippen LogP contribution in [0.3, 0.4) is 0 Å². The number of hydrogen-bond donors (Lipinski definition) is 0. The number of nitrogens with zero attached hydrogens (tertiary/aromatic N) is 2. The fourth-order valence-electron chi connectivity index (χ4n) is 4.06. The van der Waals surface area contributed by atoms with Crippen LogP contribution in [0.5, 0.6) is 0 Å². The summed E-state index contributed by atoms with van der Waals surface area (Å²) in [5.41, 5.74) is -1.51. The molecule has 2 unspecified atom stereocenters. The van der Waals surface area contributed by atoms with Crippen molar-refractivity contribution in [1.82, 2.24) is 9.80 Å². The third-order valence-electron chi connectivity index (χ3n) is 4.82. The minimum Gasteiger partial charge on any atom is -0.277 e. The molecule has 0 aromatic rings. The second kappa shape index (κ2) is 5.42. The molecule has 0 bridgehead atoms. The van der Waals surface area contributed by atoms with E-state index >= 15 is 0 Å². The van der Waals surface area contributed by atoms with Gasteiger partial charge in [0.15, 0.2) is 0 Å². The van der Waals surface area contributed by atoms with E-state index in [1.165, 1.54) is 9.80 Å². The van der Waals surface area contributed by atoms with Crippen LogP contribution < -0.4 is 0 Å². The SMILES string of the molecule is CC1CC(=O)N(C(C)(C)CC(C)(C)N2C(=O)CC(C)C2=O)C1=O. The van der Waals surface area contributed by atoms with Gasteiger partial charge in [-0.3, -0.25) is 29.0 Å². The van der Waals surface area contributed by atoms with Crippen molar-refractivity contribution in [3.05, 3.63) is 0 Å². The highest BCUT2D eigenvalue weighted by Gasteiger charge is 2.50. The van der Waals surface area contributed by atoms with Crippen molar-refractivity contribution in [3.63, 3.8) is 0 Å². The predicted molar refractivity (Wildman–Crippen MR) is 84.0 cm³/mol. The minimum absolute atomic E-state index is 0.178. The van der Waals surface area contributed by atoms with E-state index in [0.29, 0.717) is 6.42 Å². The second-order valence-electron chi connectivity index (χ2n) is 8.15. The number of carbonyl (C=O) groups is 4. The summed E-state index contributed by atoms with van der Waals surface area (Å²) in [7, 11) is 0. The molecule has 0 aromatic carbocycles. The Morgan fingerprint density at radius 1 is 0.783 bits per heavy atom. The van der Waals surface area contributed by atoms with E-state index in [9.17, 15) is 19.2 Å². The maximum Gasteiger partial charge on any atom is 0.233 e. The summed E-state index contributed by atoms with van der Waals surface area (Å²) in [4.78, 5) is 51.6. The lowest BCUT2D eigenvalue weighted by molar-refractivity contribution is -0.149. The van der Waals surface area contributed by atoms with Crippen molar-refractivity contribution < 1.29 is 19.2 Å². The minimum atomic E-state index is -0.755. The Kier molecular flexibility index (Phi) is 4.16. The van der Waals surface area contributed by atoms with Crippen LogP contribution in [-0.4, -0.2) is 44.5 Å². The highest BCUT2D eigenvalue weighted by Crippen LogP contribution is 2.37. The molecule has 0 aliphatic carbocycles. The average Bonchev–Trinajstić information content (AvgIpc) is 2.75. The molecule has 6 heteroatoms. The summed E-state index contributed by atoms with van der Waals surface area (Å²) in [6, 6.07) is 0. The van der Waals surface area contributed by atoms with Gasteiger partial charge in [0.05, 0.1) is 0 Å². The second-order valence-corrected chi connectivity index (χ2v) is 8.15. The lowest BCUT2D eigenvalue weighted by Crippen LogP contribution is -2.57. The average molecular weight is 322 g/mol. The molecule has 2 fully saturated rings. The molecular weight excluding hydrogens is 296 g/mol. The fraction of sp³-hybridized carbons (Fsp3) is 0.765. The molecule has 4 amide bonds. The molecule has 2 saturated heterocycles. The van der Waals surface area contributed by atoms with Gasteiger partial charge in [0.2, 0.25) is 23.6 Å². The van der Waals surface area contributed by atoms with Crippen molar-refractivity contribution in [2.45, 2.75) is 71.9 Å². The van der Waals surface area contributed by atoms with E-state index < -0.39 is 11.1 Å². The van der Waals surface area contributed by atoms with Crippen LogP contribution in [0.4, 0.5) is 0 Å². The standard InChI is InChI=1S/C17H26N2O4/c1-10-7-12(20)18(14(10)22)16(3,4)9-17(5,6)19-13(21)8-11(2)15(19)23/h10-11H,7-9H2,1-6H3. The Morgan fingerprint density at radius 3 is 1.30 bits per heavy atom. The van der Waals surface area contributed by atoms with Gasteiger partial charge < -0.3 is 0 Å². The zero-order valence-corrected chi connectivity index (χ0v) is 14.8. The molecule has 0 radical (unpaired) electrons. The summed E-state index contributed by atoms with van der Waals surface area (Å²) in [5.74, 6) is -1.34. The van der Waals surface area contributed by atoms with Crippen LogP contribution in [0.25, 0.3) is 0 Å². The topological polar surface area (TPSA) is 74.8 Å². The number of carbonyl (C=O) groups excluding carboxylic acids is 4. The molecule has 128 valence electrons. The molecule has 2 aliphatic rings. The van der Waals surface area contributed by atoms with Gasteiger partial charge in [-0.1, -0.05) is 13.8 Å². The molecule has 2 heterocycles. The Labute approximate surface area is 137 Å². The lowest BCUT2D eigenvalue weighted by Gasteiger charge is -2.43. The number of likely N-dealkylation sites (tertiary alicyclic amines) is 2. The number of rotatable bonds is 4. The summed E-state index contributed by atoms with van der Waals surface area (Å²) in [6.07, 6.45) is 0.803. The van der Waals surface area contributed by atoms with E-state index in [0.717, 1.165) is 0 Å². The molecule has 6 nitrogen and oxygen atoms in total. The van der Waals surface area contributed by atoms with Crippen LogP contribution in [0.15, 0.2) is 0 Å². The smallest absolute Gasteiger partial charge is 0.233 e. The van der Waals surface area contributed by atoms with Gasteiger partial charge in [-0.2, -0.15) is 0 Å². The van der Waals surface area contributed by atoms with Gasteiger partial charge in [0, 0.05) is 35.8 Å². The van der Waals surface area contributed by atoms with Crippen molar-refractivity contribution in [1.29, 1.82) is 0 Å². The summed E-state index contributed by atoms with van der Waals surface area (Å²) in [6.45, 7) is 10.8. The van der Waals surface area contributed by atoms with E-state index in [4.69, 9.17) is 0 Å². The van der Waals surface area contributed by atoms with Crippen molar-refractivity contribution in [2.75, 3.05) is 0 Å². The highest BCUT2D eigenvalue weighted by atomic mass is 16.2. The Bertz CT molecular complexity index is 529. The maximum atomic E-state index is 12.3. The van der Waals surface area contributed by atoms with Crippen LogP contribution in [0.1, 0.15) is 60.8 Å². The largest absolute Gasteiger partial charge is 0.277 e. The summed E-state index contributed by atoms with van der Waals surface area (Å²) in [5, 5.41) is 0. The van der Waals surface area contributed by atoms with Gasteiger partial charge in [0.25, 0.3) is 0 Å². The fourth-order valence-corrected chi connectivity index (χ4v) is 4.06. The zero-order valence-electron chi connectivity index (χ0n) is 14.8. The number of hydrogen-bond acceptors (Lipinski definition) is 4. The number of amides is 4. The summed E-state index contributed by atoms with van der Waals surface area (Å²) >= 11 is 0. The first kappa shape index (κ1) is 17.6. The molecule has 2 aliphatic heterocycles. The first-order chi connectivity index (χ1) is 10.4. The normalized spacial score (nSPS) is 26.7. The molecule has 0 N–H and O–H groups in total. The summed E-state index contributed by atoms with van der Waals surface area (Å²) < 4.78 is 0. The molecule has 23 heavy (non-hydrogen) atoms. The van der Waals surface area contributed by atoms with E-state index in [2.05, 4.69) is 0 Å². The Balaban J connectivity index is 2.25. The first-order valence-corrected chi connectivity index (χ1v) is 8.12.